The summed E-state index contributed by atoms with van der Waals surface area (Å²) < 4.78 is 7.89. The van der Waals surface area contributed by atoms with Gasteiger partial charge >= 0.3 is 0 Å². The number of rotatable bonds is 8. The first-order valence-electron chi connectivity index (χ1n) is 8.40. The van der Waals surface area contributed by atoms with Gasteiger partial charge in [0.25, 0.3) is 0 Å². The van der Waals surface area contributed by atoms with Crippen molar-refractivity contribution in [2.24, 2.45) is 5.92 Å². The van der Waals surface area contributed by atoms with E-state index in [2.05, 4.69) is 16.5 Å². The Morgan fingerprint density at radius 1 is 1.38 bits per heavy atom. The van der Waals surface area contributed by atoms with Crippen molar-refractivity contribution in [3.05, 3.63) is 18.2 Å². The van der Waals surface area contributed by atoms with Crippen molar-refractivity contribution in [1.29, 1.82) is 0 Å². The van der Waals surface area contributed by atoms with Crippen LogP contribution in [0.1, 0.15) is 58.2 Å². The van der Waals surface area contributed by atoms with E-state index >= 15 is 0 Å². The van der Waals surface area contributed by atoms with Crippen LogP contribution in [0.4, 0.5) is 0 Å². The number of hydrogen-bond donors (Lipinski definition) is 0. The van der Waals surface area contributed by atoms with E-state index in [0.717, 1.165) is 31.6 Å². The molecule has 4 heteroatoms. The van der Waals surface area contributed by atoms with Gasteiger partial charge in [-0.2, -0.15) is 0 Å². The Kier molecular flexibility index (Phi) is 6.43. The summed E-state index contributed by atoms with van der Waals surface area (Å²) in [5.74, 6) is 1.48. The molecule has 0 aliphatic heterocycles. The highest BCUT2D eigenvalue weighted by atomic mass is 16.5. The van der Waals surface area contributed by atoms with Gasteiger partial charge in [0.05, 0.1) is 6.42 Å². The van der Waals surface area contributed by atoms with Crippen molar-refractivity contribution in [2.45, 2.75) is 71.4 Å². The molecule has 0 N–H and O–H groups in total. The van der Waals surface area contributed by atoms with Crippen molar-refractivity contribution in [3.8, 4) is 0 Å². The van der Waals surface area contributed by atoms with Crippen molar-refractivity contribution in [3.63, 3.8) is 0 Å². The van der Waals surface area contributed by atoms with Crippen LogP contribution in [0.5, 0.6) is 0 Å². The third-order valence-corrected chi connectivity index (χ3v) is 4.34. The van der Waals surface area contributed by atoms with E-state index in [-0.39, 0.29) is 11.9 Å². The second kappa shape index (κ2) is 8.32. The van der Waals surface area contributed by atoms with E-state index in [1.165, 1.54) is 19.3 Å². The highest BCUT2D eigenvalue weighted by molar-refractivity contribution is 5.85. The lowest BCUT2D eigenvalue weighted by Crippen LogP contribution is -2.35. The molecule has 1 aromatic heterocycles. The van der Waals surface area contributed by atoms with Crippen LogP contribution < -0.4 is 0 Å². The monoisotopic (exact) mass is 292 g/mol. The molecule has 1 aliphatic carbocycles. The minimum absolute atomic E-state index is 0.201. The topological polar surface area (TPSA) is 44.1 Å². The van der Waals surface area contributed by atoms with E-state index in [1.807, 2.05) is 13.1 Å². The minimum atomic E-state index is -0.234. The summed E-state index contributed by atoms with van der Waals surface area (Å²) >= 11 is 0. The van der Waals surface area contributed by atoms with E-state index < -0.39 is 0 Å². The lowest BCUT2D eigenvalue weighted by Gasteiger charge is -2.29. The Hall–Kier alpha value is -1.16. The average molecular weight is 292 g/mol. The molecule has 21 heavy (non-hydrogen) atoms. The zero-order valence-electron chi connectivity index (χ0n) is 13.4. The molecule has 0 amide bonds. The Bertz CT molecular complexity index is 436. The Labute approximate surface area is 127 Å². The van der Waals surface area contributed by atoms with Gasteiger partial charge in [0.15, 0.2) is 5.78 Å². The fourth-order valence-electron chi connectivity index (χ4n) is 3.32. The van der Waals surface area contributed by atoms with E-state index in [9.17, 15) is 4.79 Å². The zero-order chi connectivity index (χ0) is 15.1. The Morgan fingerprint density at radius 3 is 2.81 bits per heavy atom. The van der Waals surface area contributed by atoms with Crippen LogP contribution in [-0.4, -0.2) is 28.0 Å². The quantitative estimate of drug-likeness (QED) is 0.737. The van der Waals surface area contributed by atoms with Crippen LogP contribution in [-0.2, 0) is 22.5 Å². The van der Waals surface area contributed by atoms with Crippen molar-refractivity contribution < 1.29 is 9.53 Å². The summed E-state index contributed by atoms with van der Waals surface area (Å²) in [6, 6.07) is 0. The molecule has 0 spiro atoms. The number of ether oxygens (including phenoxy) is 1. The number of carbonyl (C=O) groups is 1. The van der Waals surface area contributed by atoms with Gasteiger partial charge < -0.3 is 9.30 Å². The third kappa shape index (κ3) is 4.40. The molecule has 1 unspecified atom stereocenters. The van der Waals surface area contributed by atoms with Crippen molar-refractivity contribution >= 4 is 5.78 Å². The maximum atomic E-state index is 12.7. The van der Waals surface area contributed by atoms with Gasteiger partial charge in [-0.15, -0.1) is 0 Å². The normalized spacial score (nSPS) is 17.8. The molecule has 0 bridgehead atoms. The van der Waals surface area contributed by atoms with Gasteiger partial charge in [0.2, 0.25) is 0 Å². The molecule has 1 heterocycles. The van der Waals surface area contributed by atoms with E-state index in [1.54, 1.807) is 6.20 Å². The summed E-state index contributed by atoms with van der Waals surface area (Å²) in [7, 11) is 0. The number of aryl methyl sites for hydroxylation is 1. The Balaban J connectivity index is 2.01. The second-order valence-electron chi connectivity index (χ2n) is 5.95. The smallest absolute Gasteiger partial charge is 0.169 e. The first kappa shape index (κ1) is 16.2. The minimum Gasteiger partial charge on any atom is -0.370 e. The number of nitrogens with zero attached hydrogens (tertiary/aromatic N) is 2. The maximum Gasteiger partial charge on any atom is 0.169 e. The largest absolute Gasteiger partial charge is 0.370 e. The molecule has 1 saturated carbocycles. The molecule has 1 atom stereocenters. The lowest BCUT2D eigenvalue weighted by atomic mass is 9.83. The molecule has 0 radical (unpaired) electrons. The maximum absolute atomic E-state index is 12.7. The molecule has 1 aromatic rings. The van der Waals surface area contributed by atoms with Gasteiger partial charge in [0, 0.05) is 25.5 Å². The van der Waals surface area contributed by atoms with Crippen LogP contribution in [0.2, 0.25) is 0 Å². The number of aromatic nitrogens is 2. The van der Waals surface area contributed by atoms with Crippen molar-refractivity contribution in [2.75, 3.05) is 6.61 Å². The standard InChI is InChI=1S/C17H28N2O2/c1-3-11-19-12-10-18-16(19)13-15(20)17(21-4-2)14-8-6-5-7-9-14/h10,12,14,17H,3-9,11,13H2,1-2H3. The number of Topliss-reactive ketones (excluding diaryl/α,β-unsaturated/α-hetero) is 1. The molecule has 2 rings (SSSR count). The molecule has 0 saturated heterocycles. The first-order chi connectivity index (χ1) is 10.3. The third-order valence-electron chi connectivity index (χ3n) is 4.34. The molecular weight excluding hydrogens is 264 g/mol. The summed E-state index contributed by atoms with van der Waals surface area (Å²) in [6.45, 7) is 5.64. The predicted molar refractivity (Wildman–Crippen MR) is 83.2 cm³/mol. The van der Waals surface area contributed by atoms with Crippen LogP contribution in [0.15, 0.2) is 12.4 Å². The van der Waals surface area contributed by atoms with Gasteiger partial charge in [-0.1, -0.05) is 26.2 Å². The van der Waals surface area contributed by atoms with Gasteiger partial charge in [-0.05, 0) is 32.1 Å². The Morgan fingerprint density at radius 2 is 2.14 bits per heavy atom. The van der Waals surface area contributed by atoms with E-state index in [4.69, 9.17) is 4.74 Å². The highest BCUT2D eigenvalue weighted by Gasteiger charge is 2.30. The molecule has 1 fully saturated rings. The predicted octanol–water partition coefficient (Wildman–Crippen LogP) is 3.39. The molecule has 1 aliphatic rings. The average Bonchev–Trinajstić information content (AvgIpc) is 2.93. The number of ketones is 1. The van der Waals surface area contributed by atoms with Gasteiger partial charge in [0.1, 0.15) is 11.9 Å². The van der Waals surface area contributed by atoms with Crippen LogP contribution in [0.25, 0.3) is 0 Å². The number of carbonyl (C=O) groups excluding carboxylic acids is 1. The molecule has 4 nitrogen and oxygen atoms in total. The summed E-state index contributed by atoms with van der Waals surface area (Å²) in [6.07, 6.45) is 11.0. The van der Waals surface area contributed by atoms with Crippen molar-refractivity contribution in [1.82, 2.24) is 9.55 Å². The second-order valence-corrected chi connectivity index (χ2v) is 5.95. The SMILES string of the molecule is CCCn1ccnc1CC(=O)C(OCC)C1CCCCC1. The number of imidazole rings is 1. The zero-order valence-corrected chi connectivity index (χ0v) is 13.4. The fraction of sp³-hybridized carbons (Fsp3) is 0.765. The van der Waals surface area contributed by atoms with Crippen LogP contribution in [0, 0.1) is 5.92 Å². The summed E-state index contributed by atoms with van der Waals surface area (Å²) in [5.41, 5.74) is 0. The molecule has 0 aromatic carbocycles. The van der Waals surface area contributed by atoms with E-state index in [0.29, 0.717) is 18.9 Å². The first-order valence-corrected chi connectivity index (χ1v) is 8.40. The summed E-state index contributed by atoms with van der Waals surface area (Å²) in [5, 5.41) is 0. The fourth-order valence-corrected chi connectivity index (χ4v) is 3.32. The molecular formula is C17H28N2O2. The summed E-state index contributed by atoms with van der Waals surface area (Å²) in [4.78, 5) is 17.0. The lowest BCUT2D eigenvalue weighted by molar-refractivity contribution is -0.134. The highest BCUT2D eigenvalue weighted by Crippen LogP contribution is 2.29. The number of hydrogen-bond acceptors (Lipinski definition) is 3. The van der Waals surface area contributed by atoms with Crippen LogP contribution >= 0.6 is 0 Å². The van der Waals surface area contributed by atoms with Gasteiger partial charge in [-0.3, -0.25) is 4.79 Å². The van der Waals surface area contributed by atoms with Gasteiger partial charge in [-0.25, -0.2) is 4.98 Å². The van der Waals surface area contributed by atoms with Crippen LogP contribution in [0.3, 0.4) is 0 Å². The molecule has 118 valence electrons.